The first-order valence-electron chi connectivity index (χ1n) is 10.3. The molecule has 3 amide bonds. The quantitative estimate of drug-likeness (QED) is 0.676. The molecule has 0 aromatic heterocycles. The third kappa shape index (κ3) is 3.01. The molecule has 4 rings (SSSR count). The second-order valence-corrected chi connectivity index (χ2v) is 11.6. The van der Waals surface area contributed by atoms with Gasteiger partial charge in [0, 0.05) is 52.9 Å². The van der Waals surface area contributed by atoms with Crippen LogP contribution in [0.4, 0.5) is 4.79 Å². The van der Waals surface area contributed by atoms with Gasteiger partial charge in [0.15, 0.2) is 0 Å². The standard InChI is InChI=1S/C19H32N4O4S/c1-20(2)17(25)22-10-6-18(7-11-22)14-19(21(3)16(18)24)8-12-23(13-9-19)28(26,27)15-4-5-15/h15H,4-14H2,1-3H3. The zero-order valence-corrected chi connectivity index (χ0v) is 18.0. The predicted molar refractivity (Wildman–Crippen MR) is 105 cm³/mol. The maximum absolute atomic E-state index is 13.2. The number of hydrogen-bond acceptors (Lipinski definition) is 4. The van der Waals surface area contributed by atoms with Gasteiger partial charge in [0.05, 0.1) is 10.7 Å². The lowest BCUT2D eigenvalue weighted by Gasteiger charge is -2.43. The van der Waals surface area contributed by atoms with Gasteiger partial charge in [-0.3, -0.25) is 4.79 Å². The van der Waals surface area contributed by atoms with Crippen LogP contribution in [0.1, 0.15) is 44.9 Å². The molecule has 3 aliphatic heterocycles. The summed E-state index contributed by atoms with van der Waals surface area (Å²) in [5, 5.41) is -0.172. The van der Waals surface area contributed by atoms with Crippen LogP contribution in [0.3, 0.4) is 0 Å². The van der Waals surface area contributed by atoms with Crippen LogP contribution in [0.2, 0.25) is 0 Å². The highest BCUT2D eigenvalue weighted by molar-refractivity contribution is 7.90. The number of hydrogen-bond donors (Lipinski definition) is 0. The van der Waals surface area contributed by atoms with E-state index in [1.165, 1.54) is 0 Å². The topological polar surface area (TPSA) is 81.2 Å². The maximum atomic E-state index is 13.2. The number of rotatable bonds is 2. The third-order valence-electron chi connectivity index (χ3n) is 7.47. The number of urea groups is 1. The molecule has 0 unspecified atom stereocenters. The summed E-state index contributed by atoms with van der Waals surface area (Å²) in [6.45, 7) is 2.24. The highest BCUT2D eigenvalue weighted by atomic mass is 32.2. The average Bonchev–Trinajstić information content (AvgIpc) is 3.50. The predicted octanol–water partition coefficient (Wildman–Crippen LogP) is 0.939. The Hall–Kier alpha value is -1.35. The molecule has 0 atom stereocenters. The van der Waals surface area contributed by atoms with Gasteiger partial charge in [0.1, 0.15) is 0 Å². The van der Waals surface area contributed by atoms with Crippen molar-refractivity contribution in [2.75, 3.05) is 47.3 Å². The summed E-state index contributed by atoms with van der Waals surface area (Å²) in [7, 11) is 2.24. The van der Waals surface area contributed by atoms with Crippen LogP contribution in [-0.4, -0.2) is 97.5 Å². The Morgan fingerprint density at radius 3 is 2.11 bits per heavy atom. The van der Waals surface area contributed by atoms with E-state index in [0.717, 1.165) is 19.3 Å². The molecule has 2 spiro atoms. The van der Waals surface area contributed by atoms with E-state index < -0.39 is 15.4 Å². The average molecular weight is 413 g/mol. The molecule has 28 heavy (non-hydrogen) atoms. The van der Waals surface area contributed by atoms with Gasteiger partial charge < -0.3 is 14.7 Å². The fourth-order valence-corrected chi connectivity index (χ4v) is 7.29. The van der Waals surface area contributed by atoms with Gasteiger partial charge in [-0.2, -0.15) is 0 Å². The minimum absolute atomic E-state index is 0.00181. The molecular weight excluding hydrogens is 380 g/mol. The van der Waals surface area contributed by atoms with E-state index in [4.69, 9.17) is 0 Å². The van der Waals surface area contributed by atoms with Crippen molar-refractivity contribution < 1.29 is 18.0 Å². The third-order valence-corrected chi connectivity index (χ3v) is 9.87. The SMILES string of the molecule is CN(C)C(=O)N1CCC2(CC1)CC1(CCN(S(=O)(=O)C3CC3)CC1)N(C)C2=O. The molecular formula is C19H32N4O4S. The van der Waals surface area contributed by atoms with Crippen LogP contribution in [0.15, 0.2) is 0 Å². The van der Waals surface area contributed by atoms with Gasteiger partial charge in [-0.15, -0.1) is 0 Å². The molecule has 0 bridgehead atoms. The molecule has 158 valence electrons. The summed E-state index contributed by atoms with van der Waals surface area (Å²) in [6.07, 6.45) is 5.17. The van der Waals surface area contributed by atoms with Gasteiger partial charge in [-0.25, -0.2) is 17.5 Å². The molecule has 0 N–H and O–H groups in total. The molecule has 0 aromatic carbocycles. The van der Waals surface area contributed by atoms with Crippen molar-refractivity contribution in [3.8, 4) is 0 Å². The largest absolute Gasteiger partial charge is 0.339 e. The minimum atomic E-state index is -3.14. The molecule has 8 nitrogen and oxygen atoms in total. The number of amides is 3. The van der Waals surface area contributed by atoms with E-state index in [2.05, 4.69) is 0 Å². The molecule has 0 radical (unpaired) electrons. The monoisotopic (exact) mass is 412 g/mol. The van der Waals surface area contributed by atoms with Crippen LogP contribution in [-0.2, 0) is 14.8 Å². The lowest BCUT2D eigenvalue weighted by Crippen LogP contribution is -2.53. The van der Waals surface area contributed by atoms with Crippen molar-refractivity contribution in [1.82, 2.24) is 19.0 Å². The van der Waals surface area contributed by atoms with Gasteiger partial charge in [0.2, 0.25) is 15.9 Å². The van der Waals surface area contributed by atoms with Crippen molar-refractivity contribution in [2.45, 2.75) is 55.7 Å². The molecule has 1 saturated carbocycles. The van der Waals surface area contributed by atoms with E-state index in [1.807, 2.05) is 16.8 Å². The molecule has 4 aliphatic rings. The number of likely N-dealkylation sites (tertiary alicyclic amines) is 2. The first kappa shape index (κ1) is 19.9. The second-order valence-electron chi connectivity index (χ2n) is 9.35. The summed E-state index contributed by atoms with van der Waals surface area (Å²) < 4.78 is 26.8. The van der Waals surface area contributed by atoms with E-state index in [1.54, 1.807) is 23.3 Å². The number of sulfonamides is 1. The van der Waals surface area contributed by atoms with Crippen molar-refractivity contribution >= 4 is 22.0 Å². The molecule has 3 saturated heterocycles. The summed E-state index contributed by atoms with van der Waals surface area (Å²) in [4.78, 5) is 30.8. The van der Waals surface area contributed by atoms with E-state index >= 15 is 0 Å². The van der Waals surface area contributed by atoms with Crippen molar-refractivity contribution in [3.63, 3.8) is 0 Å². The van der Waals surface area contributed by atoms with Crippen molar-refractivity contribution in [3.05, 3.63) is 0 Å². The number of nitrogens with zero attached hydrogens (tertiary/aromatic N) is 4. The van der Waals surface area contributed by atoms with Crippen LogP contribution in [0.5, 0.6) is 0 Å². The smallest absolute Gasteiger partial charge is 0.319 e. The maximum Gasteiger partial charge on any atom is 0.319 e. The zero-order chi connectivity index (χ0) is 20.3. The number of piperidine rings is 2. The summed E-state index contributed by atoms with van der Waals surface area (Å²) in [5.41, 5.74) is -0.629. The van der Waals surface area contributed by atoms with Gasteiger partial charge in [-0.05, 0) is 44.9 Å². The van der Waals surface area contributed by atoms with Crippen LogP contribution in [0, 0.1) is 5.41 Å². The van der Waals surface area contributed by atoms with Crippen LogP contribution < -0.4 is 0 Å². The molecule has 9 heteroatoms. The van der Waals surface area contributed by atoms with Gasteiger partial charge in [0.25, 0.3) is 0 Å². The van der Waals surface area contributed by atoms with Gasteiger partial charge in [-0.1, -0.05) is 0 Å². The van der Waals surface area contributed by atoms with Crippen LogP contribution in [0.25, 0.3) is 0 Å². The summed E-state index contributed by atoms with van der Waals surface area (Å²) in [6, 6.07) is 0.00181. The summed E-state index contributed by atoms with van der Waals surface area (Å²) >= 11 is 0. The molecule has 1 aliphatic carbocycles. The highest BCUT2D eigenvalue weighted by Crippen LogP contribution is 2.52. The molecule has 0 aromatic rings. The Labute approximate surface area is 167 Å². The first-order valence-corrected chi connectivity index (χ1v) is 11.9. The Morgan fingerprint density at radius 1 is 1.04 bits per heavy atom. The van der Waals surface area contributed by atoms with Crippen LogP contribution >= 0.6 is 0 Å². The number of carbonyl (C=O) groups excluding carboxylic acids is 2. The molecule has 3 heterocycles. The fraction of sp³-hybridized carbons (Fsp3) is 0.895. The Balaban J connectivity index is 1.44. The van der Waals surface area contributed by atoms with E-state index in [9.17, 15) is 18.0 Å². The zero-order valence-electron chi connectivity index (χ0n) is 17.2. The first-order chi connectivity index (χ1) is 13.1. The fourth-order valence-electron chi connectivity index (χ4n) is 5.44. The van der Waals surface area contributed by atoms with E-state index in [-0.39, 0.29) is 22.7 Å². The summed E-state index contributed by atoms with van der Waals surface area (Å²) in [5.74, 6) is 0.183. The lowest BCUT2D eigenvalue weighted by atomic mass is 9.71. The lowest BCUT2D eigenvalue weighted by molar-refractivity contribution is -0.139. The normalized spacial score (nSPS) is 27.6. The number of carbonyl (C=O) groups is 2. The Morgan fingerprint density at radius 2 is 1.61 bits per heavy atom. The Kier molecular flexibility index (Phi) is 4.69. The Bertz CT molecular complexity index is 761. The molecule has 4 fully saturated rings. The van der Waals surface area contributed by atoms with E-state index in [0.29, 0.717) is 51.9 Å². The minimum Gasteiger partial charge on any atom is -0.339 e. The van der Waals surface area contributed by atoms with Crippen molar-refractivity contribution in [1.29, 1.82) is 0 Å². The van der Waals surface area contributed by atoms with Gasteiger partial charge >= 0.3 is 6.03 Å². The highest BCUT2D eigenvalue weighted by Gasteiger charge is 2.59. The van der Waals surface area contributed by atoms with Crippen molar-refractivity contribution in [2.24, 2.45) is 5.41 Å². The second kappa shape index (κ2) is 6.58.